The summed E-state index contributed by atoms with van der Waals surface area (Å²) in [6, 6.07) is 16.7. The molecule has 0 unspecified atom stereocenters. The molecule has 0 radical (unpaired) electrons. The molecule has 5 nitrogen and oxygen atoms in total. The van der Waals surface area contributed by atoms with Crippen molar-refractivity contribution in [1.29, 1.82) is 0 Å². The summed E-state index contributed by atoms with van der Waals surface area (Å²) in [6.07, 6.45) is 0. The lowest BCUT2D eigenvalue weighted by atomic mass is 10.0. The summed E-state index contributed by atoms with van der Waals surface area (Å²) in [5.74, 6) is 0.162. The van der Waals surface area contributed by atoms with Gasteiger partial charge in [0.25, 0.3) is 5.91 Å². The van der Waals surface area contributed by atoms with Crippen molar-refractivity contribution in [3.05, 3.63) is 76.3 Å². The fourth-order valence-electron chi connectivity index (χ4n) is 3.35. The maximum absolute atomic E-state index is 12.8. The molecule has 27 heavy (non-hydrogen) atoms. The number of anilines is 1. The molecule has 0 aliphatic rings. The van der Waals surface area contributed by atoms with E-state index in [1.54, 1.807) is 23.7 Å². The van der Waals surface area contributed by atoms with Crippen molar-refractivity contribution >= 4 is 33.5 Å². The Morgan fingerprint density at radius 2 is 1.74 bits per heavy atom. The first-order chi connectivity index (χ1) is 13.0. The van der Waals surface area contributed by atoms with E-state index in [1.807, 2.05) is 42.5 Å². The lowest BCUT2D eigenvalue weighted by Crippen LogP contribution is -2.15. The largest absolute Gasteiger partial charge is 0.422 e. The van der Waals surface area contributed by atoms with Crippen LogP contribution >= 0.6 is 0 Å². The Balaban J connectivity index is 1.76. The van der Waals surface area contributed by atoms with Gasteiger partial charge in [-0.25, -0.2) is 4.79 Å². The van der Waals surface area contributed by atoms with Gasteiger partial charge in [-0.05, 0) is 41.8 Å². The summed E-state index contributed by atoms with van der Waals surface area (Å²) in [6.45, 7) is 4.25. The van der Waals surface area contributed by atoms with Crippen LogP contribution < -0.4 is 10.9 Å². The molecule has 1 N–H and O–H groups in total. The first kappa shape index (κ1) is 17.1. The van der Waals surface area contributed by atoms with Gasteiger partial charge in [0, 0.05) is 18.1 Å². The highest BCUT2D eigenvalue weighted by atomic mass is 16.4. The maximum atomic E-state index is 12.8. The standard InChI is InChI=1S/C22H20N2O3/c1-13(2)14-8-10-15(11-9-14)23-21(25)18-12-17-20(24(18)3)16-6-4-5-7-19(16)27-22(17)26/h4-13H,1-3H3,(H,23,25). The van der Waals surface area contributed by atoms with E-state index in [4.69, 9.17) is 4.42 Å². The SMILES string of the molecule is CC(C)c1ccc(NC(=O)c2cc3c(=O)oc4ccccc4c3n2C)cc1. The maximum Gasteiger partial charge on any atom is 0.345 e. The zero-order chi connectivity index (χ0) is 19.1. The normalized spacial score (nSPS) is 11.4. The van der Waals surface area contributed by atoms with Crippen LogP contribution in [0.3, 0.4) is 0 Å². The summed E-state index contributed by atoms with van der Waals surface area (Å²) < 4.78 is 7.12. The van der Waals surface area contributed by atoms with Crippen LogP contribution in [0.5, 0.6) is 0 Å². The van der Waals surface area contributed by atoms with Gasteiger partial charge in [-0.3, -0.25) is 4.79 Å². The van der Waals surface area contributed by atoms with E-state index in [2.05, 4.69) is 19.2 Å². The van der Waals surface area contributed by atoms with Crippen LogP contribution in [0.4, 0.5) is 5.69 Å². The minimum atomic E-state index is -0.445. The van der Waals surface area contributed by atoms with Crippen LogP contribution in [0.2, 0.25) is 0 Å². The number of hydrogen-bond acceptors (Lipinski definition) is 3. The predicted octanol–water partition coefficient (Wildman–Crippen LogP) is 4.66. The van der Waals surface area contributed by atoms with Crippen molar-refractivity contribution in [3.63, 3.8) is 0 Å². The quantitative estimate of drug-likeness (QED) is 0.540. The fourth-order valence-corrected chi connectivity index (χ4v) is 3.35. The number of hydrogen-bond donors (Lipinski definition) is 1. The van der Waals surface area contributed by atoms with Gasteiger partial charge >= 0.3 is 5.63 Å². The van der Waals surface area contributed by atoms with Crippen LogP contribution in [-0.4, -0.2) is 10.5 Å². The summed E-state index contributed by atoms with van der Waals surface area (Å²) >= 11 is 0. The molecule has 5 heteroatoms. The van der Waals surface area contributed by atoms with E-state index in [0.717, 1.165) is 5.39 Å². The van der Waals surface area contributed by atoms with Gasteiger partial charge in [0.05, 0.1) is 10.9 Å². The minimum Gasteiger partial charge on any atom is -0.422 e. The molecular formula is C22H20N2O3. The predicted molar refractivity (Wildman–Crippen MR) is 107 cm³/mol. The number of nitrogens with one attached hydrogen (secondary N) is 1. The second-order valence-corrected chi connectivity index (χ2v) is 6.97. The molecule has 2 heterocycles. The van der Waals surface area contributed by atoms with E-state index in [0.29, 0.717) is 33.8 Å². The van der Waals surface area contributed by atoms with Crippen molar-refractivity contribution in [2.24, 2.45) is 7.05 Å². The Bertz CT molecular complexity index is 1210. The topological polar surface area (TPSA) is 64.2 Å². The third-order valence-electron chi connectivity index (χ3n) is 4.87. The second kappa shape index (κ2) is 6.43. The molecule has 0 bridgehead atoms. The number of para-hydroxylation sites is 1. The van der Waals surface area contributed by atoms with Crippen molar-refractivity contribution in [3.8, 4) is 0 Å². The van der Waals surface area contributed by atoms with Gasteiger partial charge < -0.3 is 14.3 Å². The Kier molecular flexibility index (Phi) is 4.07. The van der Waals surface area contributed by atoms with E-state index in [-0.39, 0.29) is 5.91 Å². The fraction of sp³-hybridized carbons (Fsp3) is 0.182. The van der Waals surface area contributed by atoms with Gasteiger partial charge in [0.15, 0.2) is 0 Å². The van der Waals surface area contributed by atoms with Crippen LogP contribution in [0.15, 0.2) is 63.8 Å². The number of aryl methyl sites for hydroxylation is 1. The molecule has 2 aromatic heterocycles. The Morgan fingerprint density at radius 1 is 1.04 bits per heavy atom. The first-order valence-electron chi connectivity index (χ1n) is 8.88. The molecule has 1 amide bonds. The Morgan fingerprint density at radius 3 is 2.44 bits per heavy atom. The third-order valence-corrected chi connectivity index (χ3v) is 4.87. The van der Waals surface area contributed by atoms with Crippen LogP contribution in [-0.2, 0) is 7.05 Å². The molecule has 0 aliphatic carbocycles. The van der Waals surface area contributed by atoms with Crippen LogP contribution in [0.25, 0.3) is 21.9 Å². The number of carbonyl (C=O) groups is 1. The number of aromatic nitrogens is 1. The van der Waals surface area contributed by atoms with E-state index in [9.17, 15) is 9.59 Å². The average molecular weight is 360 g/mol. The van der Waals surface area contributed by atoms with Gasteiger partial charge in [0.1, 0.15) is 11.3 Å². The molecule has 0 aliphatic heterocycles. The molecule has 0 spiro atoms. The van der Waals surface area contributed by atoms with Crippen LogP contribution in [0.1, 0.15) is 35.8 Å². The monoisotopic (exact) mass is 360 g/mol. The number of nitrogens with zero attached hydrogens (tertiary/aromatic N) is 1. The molecule has 4 aromatic rings. The number of carbonyl (C=O) groups excluding carboxylic acids is 1. The average Bonchev–Trinajstić information content (AvgIpc) is 3.01. The lowest BCUT2D eigenvalue weighted by Gasteiger charge is -2.09. The third kappa shape index (κ3) is 2.91. The van der Waals surface area contributed by atoms with E-state index >= 15 is 0 Å². The minimum absolute atomic E-state index is 0.269. The zero-order valence-corrected chi connectivity index (χ0v) is 15.4. The molecule has 2 aromatic carbocycles. The summed E-state index contributed by atoms with van der Waals surface area (Å²) in [5, 5.41) is 4.10. The van der Waals surface area contributed by atoms with Gasteiger partial charge in [-0.1, -0.05) is 38.1 Å². The molecule has 136 valence electrons. The first-order valence-corrected chi connectivity index (χ1v) is 8.88. The molecular weight excluding hydrogens is 340 g/mol. The molecule has 0 saturated heterocycles. The highest BCUT2D eigenvalue weighted by Crippen LogP contribution is 2.26. The van der Waals surface area contributed by atoms with E-state index < -0.39 is 5.63 Å². The number of fused-ring (bicyclic) bond motifs is 3. The molecule has 0 saturated carbocycles. The number of rotatable bonds is 3. The highest BCUT2D eigenvalue weighted by molar-refractivity contribution is 6.10. The van der Waals surface area contributed by atoms with Gasteiger partial charge in [0.2, 0.25) is 0 Å². The second-order valence-electron chi connectivity index (χ2n) is 6.97. The van der Waals surface area contributed by atoms with Crippen molar-refractivity contribution in [1.82, 2.24) is 4.57 Å². The van der Waals surface area contributed by atoms with Gasteiger partial charge in [-0.15, -0.1) is 0 Å². The molecule has 4 rings (SSSR count). The number of amides is 1. The highest BCUT2D eigenvalue weighted by Gasteiger charge is 2.18. The zero-order valence-electron chi connectivity index (χ0n) is 15.4. The molecule has 0 atom stereocenters. The van der Waals surface area contributed by atoms with Crippen molar-refractivity contribution in [2.75, 3.05) is 5.32 Å². The number of benzene rings is 2. The smallest absolute Gasteiger partial charge is 0.345 e. The summed E-state index contributed by atoms with van der Waals surface area (Å²) in [7, 11) is 1.78. The van der Waals surface area contributed by atoms with E-state index in [1.165, 1.54) is 5.56 Å². The Hall–Kier alpha value is -3.34. The lowest BCUT2D eigenvalue weighted by molar-refractivity contribution is 0.102. The van der Waals surface area contributed by atoms with Crippen molar-refractivity contribution < 1.29 is 9.21 Å². The summed E-state index contributed by atoms with van der Waals surface area (Å²) in [4.78, 5) is 25.1. The molecule has 0 fully saturated rings. The van der Waals surface area contributed by atoms with Crippen molar-refractivity contribution in [2.45, 2.75) is 19.8 Å². The van der Waals surface area contributed by atoms with Gasteiger partial charge in [-0.2, -0.15) is 0 Å². The Labute approximate surface area is 156 Å². The summed E-state index contributed by atoms with van der Waals surface area (Å²) in [5.41, 5.74) is 3.09. The van der Waals surface area contributed by atoms with Crippen LogP contribution in [0, 0.1) is 0 Å².